The fourth-order valence-corrected chi connectivity index (χ4v) is 5.35. The third-order valence-electron chi connectivity index (χ3n) is 6.07. The maximum atomic E-state index is 13.0. The Bertz CT molecular complexity index is 860. The molecule has 2 saturated carbocycles. The van der Waals surface area contributed by atoms with Gasteiger partial charge in [-0.05, 0) is 62.6 Å². The number of rotatable bonds is 5. The second-order valence-electron chi connectivity index (χ2n) is 7.84. The Morgan fingerprint density at radius 3 is 2.17 bits per heavy atom. The predicted molar refractivity (Wildman–Crippen MR) is 102 cm³/mol. The van der Waals surface area contributed by atoms with Crippen molar-refractivity contribution in [3.05, 3.63) is 29.3 Å². The van der Waals surface area contributed by atoms with Crippen molar-refractivity contribution >= 4 is 22.1 Å². The van der Waals surface area contributed by atoms with Crippen molar-refractivity contribution in [1.29, 1.82) is 0 Å². The van der Waals surface area contributed by atoms with Crippen LogP contribution < -0.4 is 18.9 Å². The molecule has 2 aliphatic rings. The van der Waals surface area contributed by atoms with Crippen LogP contribution in [0.25, 0.3) is 0 Å². The first-order valence-electron chi connectivity index (χ1n) is 9.81. The van der Waals surface area contributed by atoms with Gasteiger partial charge in [-0.2, -0.15) is 8.42 Å². The molecule has 2 aliphatic carbocycles. The van der Waals surface area contributed by atoms with Gasteiger partial charge in [0.2, 0.25) is 0 Å². The molecule has 0 aromatic heterocycles. The number of aromatic carboxylic acids is 1. The summed E-state index contributed by atoms with van der Waals surface area (Å²) in [7, 11) is -4.78. The first-order valence-corrected chi connectivity index (χ1v) is 11.3. The van der Waals surface area contributed by atoms with E-state index in [0.29, 0.717) is 0 Å². The third kappa shape index (κ3) is 5.43. The van der Waals surface area contributed by atoms with Crippen LogP contribution in [0.5, 0.6) is 0 Å². The van der Waals surface area contributed by atoms with Gasteiger partial charge < -0.3 is 11.3 Å². The van der Waals surface area contributed by atoms with E-state index in [9.17, 15) is 22.6 Å². The average molecular weight is 418 g/mol. The van der Waals surface area contributed by atoms with E-state index in [1.165, 1.54) is 6.42 Å². The molecule has 0 spiro atoms. The van der Waals surface area contributed by atoms with Crippen molar-refractivity contribution < 1.29 is 52.7 Å². The van der Waals surface area contributed by atoms with Crippen LogP contribution in [0.15, 0.2) is 23.1 Å². The summed E-state index contributed by atoms with van der Waals surface area (Å²) in [5, 5.41) is 9.08. The fraction of sp³-hybridized carbons (Fsp3) is 0.600. The molecule has 0 unspecified atom stereocenters. The van der Waals surface area contributed by atoms with Gasteiger partial charge in [-0.15, -0.1) is 0 Å². The smallest absolute Gasteiger partial charge is 1.00 e. The second-order valence-corrected chi connectivity index (χ2v) is 9.23. The largest absolute Gasteiger partial charge is 1.00 e. The quantitative estimate of drug-likeness (QED) is 0.419. The van der Waals surface area contributed by atoms with E-state index >= 15 is 0 Å². The van der Waals surface area contributed by atoms with Crippen LogP contribution in [-0.4, -0.2) is 35.6 Å². The van der Waals surface area contributed by atoms with Crippen molar-refractivity contribution in [3.8, 4) is 0 Å². The van der Waals surface area contributed by atoms with Crippen molar-refractivity contribution in [1.82, 2.24) is 0 Å². The van der Waals surface area contributed by atoms with E-state index < -0.39 is 32.6 Å². The van der Waals surface area contributed by atoms with Gasteiger partial charge in [0.25, 0.3) is 10.1 Å². The van der Waals surface area contributed by atoms with Gasteiger partial charge in [0.1, 0.15) is 10.5 Å². The molecule has 0 aliphatic heterocycles. The number of hydrogen-bond donors (Lipinski definition) is 2. The summed E-state index contributed by atoms with van der Waals surface area (Å²) >= 11 is 0. The van der Waals surface area contributed by atoms with E-state index in [1.54, 1.807) is 0 Å². The Labute approximate surface area is 184 Å². The van der Waals surface area contributed by atoms with E-state index in [4.69, 9.17) is 9.84 Å². The number of benzene rings is 1. The zero-order valence-electron chi connectivity index (χ0n) is 17.7. The molecule has 0 bridgehead atoms. The van der Waals surface area contributed by atoms with Crippen LogP contribution in [0.1, 0.15) is 86.4 Å². The minimum atomic E-state index is -4.78. The summed E-state index contributed by atoms with van der Waals surface area (Å²) in [5.41, 5.74) is -1.27. The Morgan fingerprint density at radius 2 is 1.62 bits per heavy atom. The average Bonchev–Trinajstić information content (AvgIpc) is 2.68. The van der Waals surface area contributed by atoms with Crippen LogP contribution in [0.2, 0.25) is 0 Å². The summed E-state index contributed by atoms with van der Waals surface area (Å²) in [6, 6.07) is 3.04. The molecule has 156 valence electrons. The number of carboxylic acids is 1. The summed E-state index contributed by atoms with van der Waals surface area (Å²) in [6.45, 7) is 0. The summed E-state index contributed by atoms with van der Waals surface area (Å²) in [5.74, 6) is -1.93. The molecule has 0 radical (unpaired) electrons. The summed E-state index contributed by atoms with van der Waals surface area (Å²) < 4.78 is 39.0. The molecular formula is C20H27LiO7S. The monoisotopic (exact) mass is 418 g/mol. The van der Waals surface area contributed by atoms with Gasteiger partial charge in [0.05, 0.1) is 11.1 Å². The van der Waals surface area contributed by atoms with Crippen molar-refractivity contribution in [2.45, 2.75) is 74.7 Å². The van der Waals surface area contributed by atoms with Crippen molar-refractivity contribution in [2.24, 2.45) is 5.92 Å². The molecule has 3 rings (SSSR count). The number of hydrogen-bond acceptors (Lipinski definition) is 5. The molecule has 0 heterocycles. The Hall–Kier alpha value is -1.33. The molecule has 9 heteroatoms. The zero-order valence-corrected chi connectivity index (χ0v) is 17.5. The molecule has 0 atom stereocenters. The van der Waals surface area contributed by atoms with Crippen LogP contribution >= 0.6 is 0 Å². The molecule has 0 amide bonds. The maximum absolute atomic E-state index is 13.0. The normalized spacial score (nSPS) is 19.8. The van der Waals surface area contributed by atoms with E-state index in [2.05, 4.69) is 0 Å². The number of carboxylic acid groups (broad SMARTS) is 1. The van der Waals surface area contributed by atoms with Gasteiger partial charge in [-0.1, -0.05) is 25.7 Å². The van der Waals surface area contributed by atoms with Gasteiger partial charge in [-0.25, -0.2) is 9.59 Å². The molecule has 2 N–H and O–H groups in total. The van der Waals surface area contributed by atoms with Crippen LogP contribution in [0, 0.1) is 5.92 Å². The Morgan fingerprint density at radius 1 is 1.03 bits per heavy atom. The summed E-state index contributed by atoms with van der Waals surface area (Å²) in [4.78, 5) is 23.4. The maximum Gasteiger partial charge on any atom is 1.00 e. The number of carbonyl (C=O) groups excluding carboxylic acids is 1. The first-order chi connectivity index (χ1) is 13.2. The van der Waals surface area contributed by atoms with E-state index in [-0.39, 0.29) is 37.3 Å². The minimum absolute atomic E-state index is 0. The SMILES string of the molecule is O=C(O)c1ccc(C(=O)OC2(C3CCCCC3)CCCCC2)c(S(=O)(=O)O)c1.[H-].[Li+]. The van der Waals surface area contributed by atoms with Crippen molar-refractivity contribution in [3.63, 3.8) is 0 Å². The number of carbonyl (C=O) groups is 2. The van der Waals surface area contributed by atoms with Gasteiger partial charge in [0, 0.05) is 0 Å². The fourth-order valence-electron chi connectivity index (χ4n) is 4.65. The van der Waals surface area contributed by atoms with E-state index in [1.807, 2.05) is 0 Å². The Balaban J connectivity index is 0.00000225. The molecule has 2 fully saturated rings. The Kier molecular flexibility index (Phi) is 7.97. The number of esters is 1. The minimum Gasteiger partial charge on any atom is -1.00 e. The van der Waals surface area contributed by atoms with E-state index in [0.717, 1.165) is 76.0 Å². The standard InChI is InChI=1S/C20H26O7S.Li.H/c21-18(22)14-9-10-16(17(13-14)28(24,25)26)19(23)27-20(11-5-2-6-12-20)15-7-3-1-4-8-15;;/h9-10,13,15H,1-8,11-12H2,(H,21,22)(H,24,25,26);;/q;+1;-1. The molecule has 0 saturated heterocycles. The topological polar surface area (TPSA) is 118 Å². The summed E-state index contributed by atoms with van der Waals surface area (Å²) in [6.07, 6.45) is 9.79. The molecular weight excluding hydrogens is 391 g/mol. The van der Waals surface area contributed by atoms with Gasteiger partial charge >= 0.3 is 30.8 Å². The van der Waals surface area contributed by atoms with Crippen LogP contribution in [0.3, 0.4) is 0 Å². The van der Waals surface area contributed by atoms with Gasteiger partial charge in [-0.3, -0.25) is 4.55 Å². The molecule has 7 nitrogen and oxygen atoms in total. The molecule has 1 aromatic carbocycles. The number of ether oxygens (including phenoxy) is 1. The first kappa shape index (κ1) is 23.9. The molecule has 29 heavy (non-hydrogen) atoms. The third-order valence-corrected chi connectivity index (χ3v) is 6.97. The molecule has 1 aromatic rings. The van der Waals surface area contributed by atoms with Crippen LogP contribution in [-0.2, 0) is 14.9 Å². The second kappa shape index (κ2) is 9.65. The van der Waals surface area contributed by atoms with Crippen molar-refractivity contribution in [2.75, 3.05) is 0 Å². The van der Waals surface area contributed by atoms with Gasteiger partial charge in [0.15, 0.2) is 0 Å². The van der Waals surface area contributed by atoms with Crippen LogP contribution in [0.4, 0.5) is 0 Å². The zero-order chi connectivity index (χ0) is 20.4. The predicted octanol–water partition coefficient (Wildman–Crippen LogP) is 1.19.